The van der Waals surface area contributed by atoms with Gasteiger partial charge in [0.25, 0.3) is 0 Å². The summed E-state index contributed by atoms with van der Waals surface area (Å²) < 4.78 is 0. The second kappa shape index (κ2) is 5.01. The average molecular weight is 151 g/mol. The molecule has 10 heavy (non-hydrogen) atoms. The van der Waals surface area contributed by atoms with Gasteiger partial charge in [-0.2, -0.15) is 0 Å². The van der Waals surface area contributed by atoms with Gasteiger partial charge in [-0.25, -0.2) is 4.79 Å². The van der Waals surface area contributed by atoms with Crippen molar-refractivity contribution < 1.29 is 9.90 Å². The van der Waals surface area contributed by atoms with Gasteiger partial charge in [0.1, 0.15) is 0 Å². The Kier molecular flexibility index (Phi) is 8.07. The normalized spacial score (nSPS) is 8.70. The third kappa shape index (κ3) is 15.7. The van der Waals surface area contributed by atoms with Crippen molar-refractivity contribution in [3.63, 3.8) is 0 Å². The fourth-order valence-electron chi connectivity index (χ4n) is 0.321. The Bertz CT molecular complexity index is 97.6. The van der Waals surface area contributed by atoms with Crippen LogP contribution in [0.3, 0.4) is 0 Å². The topological polar surface area (TPSA) is 119 Å². The van der Waals surface area contributed by atoms with E-state index in [9.17, 15) is 4.79 Å². The van der Waals surface area contributed by atoms with Crippen molar-refractivity contribution in [2.75, 3.05) is 0 Å². The summed E-state index contributed by atoms with van der Waals surface area (Å²) in [5.41, 5.74) is -0.328. The van der Waals surface area contributed by atoms with Crippen molar-refractivity contribution in [3.8, 4) is 0 Å². The first-order chi connectivity index (χ1) is 3.42. The van der Waals surface area contributed by atoms with Gasteiger partial charge in [-0.1, -0.05) is 0 Å². The minimum atomic E-state index is -0.975. The van der Waals surface area contributed by atoms with Crippen LogP contribution in [-0.4, -0.2) is 16.7 Å². The van der Waals surface area contributed by atoms with E-state index in [1.165, 1.54) is 0 Å². The van der Waals surface area contributed by atoms with Gasteiger partial charge in [0.15, 0.2) is 0 Å². The monoisotopic (exact) mass is 151 g/mol. The summed E-state index contributed by atoms with van der Waals surface area (Å²) in [6, 6.07) is 0. The summed E-state index contributed by atoms with van der Waals surface area (Å²) in [5, 5.41) is 10.4. The van der Waals surface area contributed by atoms with Gasteiger partial charge in [0.2, 0.25) is 0 Å². The Morgan fingerprint density at radius 3 is 1.60 bits per heavy atom. The first-order valence-corrected chi connectivity index (χ1v) is 2.43. The van der Waals surface area contributed by atoms with Crippen molar-refractivity contribution in [2.45, 2.75) is 26.3 Å². The molecule has 0 aliphatic carbocycles. The maximum absolute atomic E-state index is 9.90. The molecule has 8 N–H and O–H groups in total. The van der Waals surface area contributed by atoms with Gasteiger partial charge in [-0.3, -0.25) is 0 Å². The fraction of sp³-hybridized carbons (Fsp3) is 0.800. The number of hydrogen-bond donors (Lipinski definition) is 4. The molecule has 64 valence electrons. The molecule has 5 heteroatoms. The van der Waals surface area contributed by atoms with Crippen LogP contribution in [0.25, 0.3) is 0 Å². The predicted molar refractivity (Wildman–Crippen MR) is 41.0 cm³/mol. The quantitative estimate of drug-likeness (QED) is 0.418. The lowest BCUT2D eigenvalue weighted by Crippen LogP contribution is -2.39. The van der Waals surface area contributed by atoms with E-state index < -0.39 is 6.09 Å². The molecule has 0 fully saturated rings. The highest BCUT2D eigenvalue weighted by Crippen LogP contribution is 1.96. The Hall–Kier alpha value is -0.810. The number of carboxylic acid groups (broad SMARTS) is 1. The van der Waals surface area contributed by atoms with Gasteiger partial charge < -0.3 is 22.7 Å². The van der Waals surface area contributed by atoms with Gasteiger partial charge >= 0.3 is 6.09 Å². The van der Waals surface area contributed by atoms with E-state index in [2.05, 4.69) is 5.32 Å². The highest BCUT2D eigenvalue weighted by atomic mass is 16.4. The third-order valence-electron chi connectivity index (χ3n) is 0.482. The molecule has 0 heterocycles. The highest BCUT2D eigenvalue weighted by Gasteiger charge is 2.10. The summed E-state index contributed by atoms with van der Waals surface area (Å²) in [6.07, 6.45) is -0.975. The summed E-state index contributed by atoms with van der Waals surface area (Å²) in [7, 11) is 0. The summed E-state index contributed by atoms with van der Waals surface area (Å²) in [5.74, 6) is 0. The highest BCUT2D eigenvalue weighted by molar-refractivity contribution is 5.65. The number of nitrogens with one attached hydrogen (secondary N) is 1. The molecule has 0 unspecified atom stereocenters. The predicted octanol–water partition coefficient (Wildman–Crippen LogP) is 1.38. The number of carbonyl (C=O) groups is 1. The minimum Gasteiger partial charge on any atom is -0.465 e. The van der Waals surface area contributed by atoms with Crippen LogP contribution < -0.4 is 17.6 Å². The molecule has 0 spiro atoms. The van der Waals surface area contributed by atoms with E-state index in [1.54, 1.807) is 20.8 Å². The Labute approximate surface area is 61.0 Å². The number of hydrogen-bond acceptors (Lipinski definition) is 3. The van der Waals surface area contributed by atoms with Crippen LogP contribution in [0.2, 0.25) is 0 Å². The molecule has 0 bridgehead atoms. The lowest BCUT2D eigenvalue weighted by Gasteiger charge is -2.16. The molecule has 0 atom stereocenters. The molecule has 0 aliphatic rings. The summed E-state index contributed by atoms with van der Waals surface area (Å²) in [4.78, 5) is 9.90. The maximum Gasteiger partial charge on any atom is 0.405 e. The van der Waals surface area contributed by atoms with E-state index in [4.69, 9.17) is 5.11 Å². The van der Waals surface area contributed by atoms with Crippen LogP contribution in [0.5, 0.6) is 0 Å². The van der Waals surface area contributed by atoms with Crippen LogP contribution in [0.4, 0.5) is 4.79 Å². The Morgan fingerprint density at radius 1 is 1.30 bits per heavy atom. The number of rotatable bonds is 0. The largest absolute Gasteiger partial charge is 0.465 e. The van der Waals surface area contributed by atoms with E-state index >= 15 is 0 Å². The third-order valence-corrected chi connectivity index (χ3v) is 0.482. The molecule has 0 saturated carbocycles. The first kappa shape index (κ1) is 16.1. The zero-order valence-electron chi connectivity index (χ0n) is 6.77. The Morgan fingerprint density at radius 2 is 1.60 bits per heavy atom. The van der Waals surface area contributed by atoms with Crippen molar-refractivity contribution in [1.82, 2.24) is 17.6 Å². The second-order valence-corrected chi connectivity index (χ2v) is 2.68. The SMILES string of the molecule is CC(C)(C)NC(=O)O.N.N. The molecule has 0 saturated heterocycles. The standard InChI is InChI=1S/C5H11NO2.2H3N/c1-5(2,3)6-4(7)8;;/h6H,1-3H3,(H,7,8);2*1H3. The fourth-order valence-corrected chi connectivity index (χ4v) is 0.321. The lowest BCUT2D eigenvalue weighted by molar-refractivity contribution is 0.184. The average Bonchev–Trinajstić information content (AvgIpc) is 1.21. The smallest absolute Gasteiger partial charge is 0.405 e. The van der Waals surface area contributed by atoms with E-state index in [0.717, 1.165) is 0 Å². The van der Waals surface area contributed by atoms with Gasteiger partial charge in [0.05, 0.1) is 0 Å². The number of amides is 1. The Balaban J connectivity index is -0.000000245. The zero-order chi connectivity index (χ0) is 6.78. The first-order valence-electron chi connectivity index (χ1n) is 2.43. The lowest BCUT2D eigenvalue weighted by atomic mass is 10.1. The van der Waals surface area contributed by atoms with E-state index in [0.29, 0.717) is 0 Å². The van der Waals surface area contributed by atoms with Crippen molar-refractivity contribution >= 4 is 6.09 Å². The molecular weight excluding hydrogens is 134 g/mol. The van der Waals surface area contributed by atoms with Gasteiger partial charge in [0, 0.05) is 5.54 Å². The molecule has 5 nitrogen and oxygen atoms in total. The van der Waals surface area contributed by atoms with Gasteiger partial charge in [-0.05, 0) is 20.8 Å². The van der Waals surface area contributed by atoms with Crippen LogP contribution in [0, 0.1) is 0 Å². The minimum absolute atomic E-state index is 0. The van der Waals surface area contributed by atoms with Crippen LogP contribution >= 0.6 is 0 Å². The maximum atomic E-state index is 9.90. The molecular formula is C5H17N3O2. The van der Waals surface area contributed by atoms with Crippen LogP contribution in [-0.2, 0) is 0 Å². The molecule has 0 rings (SSSR count). The van der Waals surface area contributed by atoms with E-state index in [-0.39, 0.29) is 17.8 Å². The van der Waals surface area contributed by atoms with Crippen LogP contribution in [0.1, 0.15) is 20.8 Å². The van der Waals surface area contributed by atoms with Gasteiger partial charge in [-0.15, -0.1) is 0 Å². The molecule has 0 radical (unpaired) electrons. The summed E-state index contributed by atoms with van der Waals surface area (Å²) in [6.45, 7) is 5.38. The molecule has 0 aromatic rings. The zero-order valence-corrected chi connectivity index (χ0v) is 6.77. The molecule has 1 amide bonds. The molecule has 0 aliphatic heterocycles. The van der Waals surface area contributed by atoms with Crippen molar-refractivity contribution in [2.24, 2.45) is 0 Å². The molecule has 0 aromatic heterocycles. The second-order valence-electron chi connectivity index (χ2n) is 2.68. The molecule has 0 aromatic carbocycles. The summed E-state index contributed by atoms with van der Waals surface area (Å²) >= 11 is 0. The van der Waals surface area contributed by atoms with Crippen molar-refractivity contribution in [1.29, 1.82) is 0 Å². The van der Waals surface area contributed by atoms with Crippen LogP contribution in [0.15, 0.2) is 0 Å². The van der Waals surface area contributed by atoms with Crippen molar-refractivity contribution in [3.05, 3.63) is 0 Å². The van der Waals surface area contributed by atoms with E-state index in [1.807, 2.05) is 0 Å².